The monoisotopic (exact) mass is 267 g/mol. The van der Waals surface area contributed by atoms with Crippen molar-refractivity contribution in [1.82, 2.24) is 0 Å². The fourth-order valence-corrected chi connectivity index (χ4v) is 1.62. The molecule has 1 aromatic carbocycles. The summed E-state index contributed by atoms with van der Waals surface area (Å²) in [6, 6.07) is 4.01. The lowest BCUT2D eigenvalue weighted by molar-refractivity contribution is -0.136. The minimum Gasteiger partial charge on any atom is -0.481 e. The lowest BCUT2D eigenvalue weighted by Crippen LogP contribution is -2.19. The van der Waals surface area contributed by atoms with Crippen molar-refractivity contribution in [3.05, 3.63) is 29.6 Å². The van der Waals surface area contributed by atoms with Crippen LogP contribution in [0.15, 0.2) is 18.2 Å². The van der Waals surface area contributed by atoms with E-state index < -0.39 is 11.8 Å². The first-order valence-corrected chi connectivity index (χ1v) is 5.97. The third-order valence-corrected chi connectivity index (χ3v) is 2.37. The van der Waals surface area contributed by atoms with Crippen molar-refractivity contribution in [1.29, 1.82) is 0 Å². The lowest BCUT2D eigenvalue weighted by Gasteiger charge is -2.17. The van der Waals surface area contributed by atoms with Crippen LogP contribution in [0.3, 0.4) is 0 Å². The molecule has 0 heterocycles. The smallest absolute Gasteiger partial charge is 0.307 e. The molecule has 0 radical (unpaired) electrons. The van der Waals surface area contributed by atoms with Crippen LogP contribution in [0.4, 0.5) is 10.1 Å². The van der Waals surface area contributed by atoms with Gasteiger partial charge in [0.05, 0.1) is 6.42 Å². The van der Waals surface area contributed by atoms with Crippen LogP contribution in [0.5, 0.6) is 0 Å². The van der Waals surface area contributed by atoms with Gasteiger partial charge in [-0.3, -0.25) is 9.59 Å². The molecule has 0 aliphatic rings. The van der Waals surface area contributed by atoms with Gasteiger partial charge in [0.25, 0.3) is 0 Å². The molecule has 0 fully saturated rings. The molecule has 0 bridgehead atoms. The minimum atomic E-state index is -1.09. The molecule has 0 saturated heterocycles. The Morgan fingerprint density at radius 1 is 1.32 bits per heavy atom. The Hall–Kier alpha value is -1.91. The van der Waals surface area contributed by atoms with Crippen LogP contribution in [0, 0.1) is 11.2 Å². The number of hydrogen-bond acceptors (Lipinski definition) is 2. The summed E-state index contributed by atoms with van der Waals surface area (Å²) in [5.74, 6) is -1.92. The second-order valence-electron chi connectivity index (χ2n) is 5.66. The van der Waals surface area contributed by atoms with E-state index >= 15 is 0 Å². The first-order chi connectivity index (χ1) is 8.67. The Morgan fingerprint density at radius 2 is 1.95 bits per heavy atom. The summed E-state index contributed by atoms with van der Waals surface area (Å²) in [5, 5.41) is 11.2. The van der Waals surface area contributed by atoms with E-state index in [4.69, 9.17) is 5.11 Å². The molecule has 19 heavy (non-hydrogen) atoms. The number of amides is 1. The molecule has 0 unspecified atom stereocenters. The summed E-state index contributed by atoms with van der Waals surface area (Å²) >= 11 is 0. The Kier molecular flexibility index (Phi) is 4.64. The van der Waals surface area contributed by atoms with Gasteiger partial charge in [-0.1, -0.05) is 26.8 Å². The number of rotatable bonds is 4. The topological polar surface area (TPSA) is 66.4 Å². The predicted octanol–water partition coefficient (Wildman–Crippen LogP) is 2.83. The summed E-state index contributed by atoms with van der Waals surface area (Å²) < 4.78 is 13.6. The number of carbonyl (C=O) groups excluding carboxylic acids is 1. The number of aliphatic carboxylic acids is 1. The van der Waals surface area contributed by atoms with Crippen molar-refractivity contribution in [2.75, 3.05) is 5.32 Å². The summed E-state index contributed by atoms with van der Waals surface area (Å²) in [7, 11) is 0. The maximum atomic E-state index is 13.6. The third kappa shape index (κ3) is 5.50. The van der Waals surface area contributed by atoms with Gasteiger partial charge in [0.2, 0.25) is 5.91 Å². The number of hydrogen-bond donors (Lipinski definition) is 2. The SMILES string of the molecule is CC(C)(C)CC(=O)Nc1ccc(CC(=O)O)c(F)c1. The first kappa shape index (κ1) is 15.1. The highest BCUT2D eigenvalue weighted by Gasteiger charge is 2.16. The maximum Gasteiger partial charge on any atom is 0.307 e. The fraction of sp³-hybridized carbons (Fsp3) is 0.429. The van der Waals surface area contributed by atoms with Crippen molar-refractivity contribution in [2.24, 2.45) is 5.41 Å². The molecule has 0 aliphatic heterocycles. The quantitative estimate of drug-likeness (QED) is 0.881. The number of benzene rings is 1. The number of halogens is 1. The van der Waals surface area contributed by atoms with Crippen molar-refractivity contribution < 1.29 is 19.1 Å². The highest BCUT2D eigenvalue weighted by molar-refractivity contribution is 5.91. The zero-order chi connectivity index (χ0) is 14.6. The van der Waals surface area contributed by atoms with Gasteiger partial charge in [-0.15, -0.1) is 0 Å². The van der Waals surface area contributed by atoms with Crippen molar-refractivity contribution in [3.63, 3.8) is 0 Å². The van der Waals surface area contributed by atoms with Crippen LogP contribution in [-0.4, -0.2) is 17.0 Å². The maximum absolute atomic E-state index is 13.6. The van der Waals surface area contributed by atoms with E-state index in [2.05, 4.69) is 5.32 Å². The average molecular weight is 267 g/mol. The van der Waals surface area contributed by atoms with E-state index in [1.54, 1.807) is 0 Å². The molecular weight excluding hydrogens is 249 g/mol. The van der Waals surface area contributed by atoms with Gasteiger partial charge in [0, 0.05) is 12.1 Å². The Morgan fingerprint density at radius 3 is 2.42 bits per heavy atom. The van der Waals surface area contributed by atoms with E-state index in [9.17, 15) is 14.0 Å². The van der Waals surface area contributed by atoms with E-state index in [0.717, 1.165) is 6.07 Å². The molecule has 1 aromatic rings. The first-order valence-electron chi connectivity index (χ1n) is 5.97. The second kappa shape index (κ2) is 5.82. The van der Waals surface area contributed by atoms with Crippen molar-refractivity contribution in [3.8, 4) is 0 Å². The summed E-state index contributed by atoms with van der Waals surface area (Å²) in [4.78, 5) is 22.2. The summed E-state index contributed by atoms with van der Waals surface area (Å²) in [6.45, 7) is 5.80. The Balaban J connectivity index is 2.73. The molecule has 0 saturated carbocycles. The van der Waals surface area contributed by atoms with Gasteiger partial charge in [-0.25, -0.2) is 4.39 Å². The fourth-order valence-electron chi connectivity index (χ4n) is 1.62. The van der Waals surface area contributed by atoms with Gasteiger partial charge in [-0.05, 0) is 23.1 Å². The van der Waals surface area contributed by atoms with E-state index in [-0.39, 0.29) is 23.3 Å². The van der Waals surface area contributed by atoms with Crippen LogP contribution in [0.1, 0.15) is 32.8 Å². The number of carboxylic acid groups (broad SMARTS) is 1. The van der Waals surface area contributed by atoms with Crippen LogP contribution in [0.25, 0.3) is 0 Å². The Labute approximate surface area is 111 Å². The minimum absolute atomic E-state index is 0.0984. The van der Waals surface area contributed by atoms with E-state index in [1.165, 1.54) is 12.1 Å². The number of nitrogens with one attached hydrogen (secondary N) is 1. The number of carboxylic acids is 1. The van der Waals surface area contributed by atoms with Gasteiger partial charge in [0.15, 0.2) is 0 Å². The van der Waals surface area contributed by atoms with E-state index in [0.29, 0.717) is 12.1 Å². The molecule has 0 atom stereocenters. The third-order valence-electron chi connectivity index (χ3n) is 2.37. The normalized spacial score (nSPS) is 11.2. The van der Waals surface area contributed by atoms with Crippen LogP contribution in [0.2, 0.25) is 0 Å². The lowest BCUT2D eigenvalue weighted by atomic mass is 9.92. The van der Waals surface area contributed by atoms with Crippen molar-refractivity contribution in [2.45, 2.75) is 33.6 Å². The molecule has 2 N–H and O–H groups in total. The van der Waals surface area contributed by atoms with Gasteiger partial charge in [0.1, 0.15) is 5.82 Å². The second-order valence-corrected chi connectivity index (χ2v) is 5.66. The molecular formula is C14H18FNO3. The van der Waals surface area contributed by atoms with Crippen LogP contribution in [-0.2, 0) is 16.0 Å². The Bertz CT molecular complexity index is 492. The number of anilines is 1. The molecule has 1 amide bonds. The average Bonchev–Trinajstić information content (AvgIpc) is 2.18. The van der Waals surface area contributed by atoms with Crippen LogP contribution >= 0.6 is 0 Å². The largest absolute Gasteiger partial charge is 0.481 e. The summed E-state index contributed by atoms with van der Waals surface area (Å²) in [6.07, 6.45) is -0.0481. The van der Waals surface area contributed by atoms with Crippen molar-refractivity contribution >= 4 is 17.6 Å². The van der Waals surface area contributed by atoms with Gasteiger partial charge >= 0.3 is 5.97 Å². The zero-order valence-electron chi connectivity index (χ0n) is 11.3. The van der Waals surface area contributed by atoms with Gasteiger partial charge in [-0.2, -0.15) is 0 Å². The molecule has 0 spiro atoms. The van der Waals surface area contributed by atoms with Crippen LogP contribution < -0.4 is 5.32 Å². The highest BCUT2D eigenvalue weighted by Crippen LogP contribution is 2.20. The molecule has 5 heteroatoms. The molecule has 104 valence electrons. The highest BCUT2D eigenvalue weighted by atomic mass is 19.1. The van der Waals surface area contributed by atoms with Gasteiger partial charge < -0.3 is 10.4 Å². The van der Waals surface area contributed by atoms with E-state index in [1.807, 2.05) is 20.8 Å². The zero-order valence-corrected chi connectivity index (χ0v) is 11.3. The molecule has 0 aliphatic carbocycles. The molecule has 0 aromatic heterocycles. The molecule has 4 nitrogen and oxygen atoms in total. The summed E-state index contributed by atoms with van der Waals surface area (Å²) in [5.41, 5.74) is 0.286. The molecule has 1 rings (SSSR count). The standard InChI is InChI=1S/C14H18FNO3/c1-14(2,3)8-12(17)16-10-5-4-9(6-13(18)19)11(15)7-10/h4-5,7H,6,8H2,1-3H3,(H,16,17)(H,18,19). The predicted molar refractivity (Wildman–Crippen MR) is 70.4 cm³/mol. The number of carbonyl (C=O) groups is 2.